The Morgan fingerprint density at radius 3 is 2.88 bits per heavy atom. The SMILES string of the molecule is CCc1cnccc1C(O)Cc1nccn1C. The molecule has 2 rings (SSSR count). The van der Waals surface area contributed by atoms with Crippen LogP contribution >= 0.6 is 0 Å². The summed E-state index contributed by atoms with van der Waals surface area (Å²) >= 11 is 0. The topological polar surface area (TPSA) is 50.9 Å². The molecule has 0 saturated heterocycles. The number of aliphatic hydroxyl groups excluding tert-OH is 1. The van der Waals surface area contributed by atoms with Crippen molar-refractivity contribution in [3.8, 4) is 0 Å². The van der Waals surface area contributed by atoms with Crippen molar-refractivity contribution in [1.82, 2.24) is 14.5 Å². The number of nitrogens with zero attached hydrogens (tertiary/aromatic N) is 3. The van der Waals surface area contributed by atoms with E-state index >= 15 is 0 Å². The summed E-state index contributed by atoms with van der Waals surface area (Å²) in [7, 11) is 1.93. The van der Waals surface area contributed by atoms with Crippen molar-refractivity contribution >= 4 is 0 Å². The third-order valence-corrected chi connectivity index (χ3v) is 2.98. The van der Waals surface area contributed by atoms with Crippen molar-refractivity contribution in [1.29, 1.82) is 0 Å². The second-order valence-corrected chi connectivity index (χ2v) is 4.10. The summed E-state index contributed by atoms with van der Waals surface area (Å²) in [5, 5.41) is 10.2. The molecule has 0 aliphatic rings. The van der Waals surface area contributed by atoms with Gasteiger partial charge in [-0.05, 0) is 23.6 Å². The lowest BCUT2D eigenvalue weighted by molar-refractivity contribution is 0.173. The number of imidazole rings is 1. The average molecular weight is 231 g/mol. The summed E-state index contributed by atoms with van der Waals surface area (Å²) in [6, 6.07) is 1.88. The third-order valence-electron chi connectivity index (χ3n) is 2.98. The van der Waals surface area contributed by atoms with E-state index in [1.807, 2.05) is 30.1 Å². The van der Waals surface area contributed by atoms with Gasteiger partial charge in [-0.3, -0.25) is 4.98 Å². The van der Waals surface area contributed by atoms with Gasteiger partial charge in [0.15, 0.2) is 0 Å². The van der Waals surface area contributed by atoms with Crippen LogP contribution in [0.1, 0.15) is 30.0 Å². The van der Waals surface area contributed by atoms with E-state index in [1.165, 1.54) is 0 Å². The Balaban J connectivity index is 2.20. The average Bonchev–Trinajstić information content (AvgIpc) is 2.75. The monoisotopic (exact) mass is 231 g/mol. The van der Waals surface area contributed by atoms with Gasteiger partial charge in [0.2, 0.25) is 0 Å². The van der Waals surface area contributed by atoms with Gasteiger partial charge in [0.25, 0.3) is 0 Å². The van der Waals surface area contributed by atoms with Gasteiger partial charge in [0, 0.05) is 38.3 Å². The van der Waals surface area contributed by atoms with Gasteiger partial charge in [-0.2, -0.15) is 0 Å². The first kappa shape index (κ1) is 11.8. The zero-order chi connectivity index (χ0) is 12.3. The molecule has 2 aromatic rings. The molecule has 1 atom stereocenters. The van der Waals surface area contributed by atoms with Crippen LogP contribution in [-0.2, 0) is 19.9 Å². The van der Waals surface area contributed by atoms with Crippen LogP contribution in [0.15, 0.2) is 30.9 Å². The molecule has 0 spiro atoms. The van der Waals surface area contributed by atoms with E-state index in [9.17, 15) is 5.11 Å². The van der Waals surface area contributed by atoms with Crippen LogP contribution < -0.4 is 0 Å². The van der Waals surface area contributed by atoms with Crippen LogP contribution in [0.5, 0.6) is 0 Å². The first-order valence-corrected chi connectivity index (χ1v) is 5.79. The molecule has 0 aliphatic carbocycles. The van der Waals surface area contributed by atoms with Gasteiger partial charge in [0.05, 0.1) is 6.10 Å². The summed E-state index contributed by atoms with van der Waals surface area (Å²) in [5.74, 6) is 0.886. The zero-order valence-corrected chi connectivity index (χ0v) is 10.2. The Bertz CT molecular complexity index is 493. The number of hydrogen-bond acceptors (Lipinski definition) is 3. The zero-order valence-electron chi connectivity index (χ0n) is 10.2. The maximum absolute atomic E-state index is 10.2. The smallest absolute Gasteiger partial charge is 0.111 e. The molecule has 1 unspecified atom stereocenters. The van der Waals surface area contributed by atoms with E-state index in [4.69, 9.17) is 0 Å². The summed E-state index contributed by atoms with van der Waals surface area (Å²) in [5.41, 5.74) is 2.04. The molecule has 4 nitrogen and oxygen atoms in total. The standard InChI is InChI=1S/C13H17N3O/c1-3-10-9-14-5-4-11(10)12(17)8-13-15-6-7-16(13)2/h4-7,9,12,17H,3,8H2,1-2H3. The van der Waals surface area contributed by atoms with Crippen LogP contribution in [0.2, 0.25) is 0 Å². The predicted molar refractivity (Wildman–Crippen MR) is 65.5 cm³/mol. The molecule has 17 heavy (non-hydrogen) atoms. The fraction of sp³-hybridized carbons (Fsp3) is 0.385. The van der Waals surface area contributed by atoms with Gasteiger partial charge in [-0.15, -0.1) is 0 Å². The van der Waals surface area contributed by atoms with Crippen molar-refractivity contribution < 1.29 is 5.11 Å². The number of hydrogen-bond donors (Lipinski definition) is 1. The number of pyridine rings is 1. The van der Waals surface area contributed by atoms with Crippen molar-refractivity contribution in [2.75, 3.05) is 0 Å². The highest BCUT2D eigenvalue weighted by Crippen LogP contribution is 2.20. The molecule has 1 N–H and O–H groups in total. The van der Waals surface area contributed by atoms with E-state index in [0.29, 0.717) is 6.42 Å². The molecule has 2 heterocycles. The molecule has 0 saturated carbocycles. The van der Waals surface area contributed by atoms with Crippen LogP contribution in [0, 0.1) is 0 Å². The van der Waals surface area contributed by atoms with Gasteiger partial charge >= 0.3 is 0 Å². The van der Waals surface area contributed by atoms with E-state index in [-0.39, 0.29) is 0 Å². The molecule has 0 aromatic carbocycles. The minimum absolute atomic E-state index is 0.519. The quantitative estimate of drug-likeness (QED) is 0.870. The number of rotatable bonds is 4. The predicted octanol–water partition coefficient (Wildman–Crippen LogP) is 1.65. The molecule has 0 aliphatic heterocycles. The van der Waals surface area contributed by atoms with Crippen LogP contribution in [-0.4, -0.2) is 19.6 Å². The first-order chi connectivity index (χ1) is 8.22. The summed E-state index contributed by atoms with van der Waals surface area (Å²) in [6.07, 6.45) is 8.05. The van der Waals surface area contributed by atoms with E-state index in [1.54, 1.807) is 12.4 Å². The molecule has 0 radical (unpaired) electrons. The van der Waals surface area contributed by atoms with Gasteiger partial charge < -0.3 is 9.67 Å². The Hall–Kier alpha value is -1.68. The minimum atomic E-state index is -0.519. The van der Waals surface area contributed by atoms with Crippen molar-refractivity contribution in [2.45, 2.75) is 25.9 Å². The second-order valence-electron chi connectivity index (χ2n) is 4.10. The molecule has 0 amide bonds. The first-order valence-electron chi connectivity index (χ1n) is 5.79. The molecule has 90 valence electrons. The van der Waals surface area contributed by atoms with Crippen LogP contribution in [0.25, 0.3) is 0 Å². The lowest BCUT2D eigenvalue weighted by Crippen LogP contribution is -2.09. The summed E-state index contributed by atoms with van der Waals surface area (Å²) in [4.78, 5) is 8.31. The van der Waals surface area contributed by atoms with Gasteiger partial charge in [0.1, 0.15) is 5.82 Å². The van der Waals surface area contributed by atoms with E-state index in [2.05, 4.69) is 16.9 Å². The van der Waals surface area contributed by atoms with Crippen LogP contribution in [0.4, 0.5) is 0 Å². The third kappa shape index (κ3) is 2.53. The Morgan fingerprint density at radius 1 is 1.41 bits per heavy atom. The molecule has 2 aromatic heterocycles. The molecule has 4 heteroatoms. The second kappa shape index (κ2) is 5.10. The maximum Gasteiger partial charge on any atom is 0.111 e. The normalized spacial score (nSPS) is 12.6. The Morgan fingerprint density at radius 2 is 2.24 bits per heavy atom. The molecule has 0 fully saturated rings. The minimum Gasteiger partial charge on any atom is -0.388 e. The number of aryl methyl sites for hydroxylation is 2. The molecular formula is C13H17N3O. The fourth-order valence-corrected chi connectivity index (χ4v) is 1.93. The fourth-order valence-electron chi connectivity index (χ4n) is 1.93. The van der Waals surface area contributed by atoms with Crippen molar-refractivity contribution in [3.63, 3.8) is 0 Å². The Labute approximate surface area is 101 Å². The largest absolute Gasteiger partial charge is 0.388 e. The highest BCUT2D eigenvalue weighted by atomic mass is 16.3. The lowest BCUT2D eigenvalue weighted by atomic mass is 10.0. The lowest BCUT2D eigenvalue weighted by Gasteiger charge is -2.14. The maximum atomic E-state index is 10.2. The Kier molecular flexibility index (Phi) is 3.54. The molecule has 0 bridgehead atoms. The highest BCUT2D eigenvalue weighted by Gasteiger charge is 2.14. The van der Waals surface area contributed by atoms with E-state index < -0.39 is 6.10 Å². The summed E-state index contributed by atoms with van der Waals surface area (Å²) < 4.78 is 1.93. The van der Waals surface area contributed by atoms with Crippen molar-refractivity contribution in [2.24, 2.45) is 7.05 Å². The summed E-state index contributed by atoms with van der Waals surface area (Å²) in [6.45, 7) is 2.06. The number of aliphatic hydroxyl groups is 1. The molecular weight excluding hydrogens is 214 g/mol. The number of aromatic nitrogens is 3. The highest BCUT2D eigenvalue weighted by molar-refractivity contribution is 5.26. The van der Waals surface area contributed by atoms with E-state index in [0.717, 1.165) is 23.4 Å². The van der Waals surface area contributed by atoms with Crippen LogP contribution in [0.3, 0.4) is 0 Å². The van der Waals surface area contributed by atoms with Gasteiger partial charge in [-0.25, -0.2) is 4.98 Å². The van der Waals surface area contributed by atoms with Gasteiger partial charge in [-0.1, -0.05) is 6.92 Å². The van der Waals surface area contributed by atoms with Crippen molar-refractivity contribution in [3.05, 3.63) is 47.8 Å².